The van der Waals surface area contributed by atoms with Crippen molar-refractivity contribution in [2.24, 2.45) is 0 Å². The number of Topliss-reactive ketones (excluding diaryl/α,β-unsaturated/α-hetero) is 1. The van der Waals surface area contributed by atoms with Crippen molar-refractivity contribution < 1.29 is 24.0 Å². The first kappa shape index (κ1) is 20.6. The van der Waals surface area contributed by atoms with Gasteiger partial charge in [-0.15, -0.1) is 0 Å². The van der Waals surface area contributed by atoms with Gasteiger partial charge in [0.05, 0.1) is 26.8 Å². The molecule has 33 heavy (non-hydrogen) atoms. The van der Waals surface area contributed by atoms with Gasteiger partial charge in [-0.3, -0.25) is 24.6 Å². The number of non-ortho nitro benzene ring substituents is 1. The molecule has 5 rings (SSSR count). The molecule has 164 valence electrons. The van der Waals surface area contributed by atoms with Crippen LogP contribution in [0.1, 0.15) is 27.9 Å². The standard InChI is InChI=1S/C23H15N3O6S/c1-12-7-10-16(32-12)20(27)18-19(13-5-3-2-4-6-13)25(22(29)21(18)28)23-24-15-9-8-14(26(30)31)11-17(15)33-23/h2-11,19,28H,1H3. The lowest BCUT2D eigenvalue weighted by Gasteiger charge is -2.24. The fourth-order valence-corrected chi connectivity index (χ4v) is 4.82. The molecule has 1 aliphatic rings. The van der Waals surface area contributed by atoms with Crippen LogP contribution in [0.2, 0.25) is 0 Å². The summed E-state index contributed by atoms with van der Waals surface area (Å²) in [6, 6.07) is 15.1. The zero-order chi connectivity index (χ0) is 23.3. The number of aliphatic hydroxyl groups is 1. The van der Waals surface area contributed by atoms with Crippen LogP contribution < -0.4 is 4.90 Å². The van der Waals surface area contributed by atoms with Crippen LogP contribution in [0.15, 0.2) is 76.4 Å². The van der Waals surface area contributed by atoms with Crippen LogP contribution in [-0.4, -0.2) is 26.7 Å². The number of furan rings is 1. The number of rotatable bonds is 5. The number of aliphatic hydroxyl groups excluding tert-OH is 1. The number of benzene rings is 2. The summed E-state index contributed by atoms with van der Waals surface area (Å²) in [5, 5.41) is 22.1. The Morgan fingerprint density at radius 2 is 1.94 bits per heavy atom. The van der Waals surface area contributed by atoms with Crippen molar-refractivity contribution in [2.75, 3.05) is 4.90 Å². The Bertz CT molecular complexity index is 1470. The minimum absolute atomic E-state index is 0.00422. The molecule has 2 aromatic carbocycles. The molecule has 0 spiro atoms. The zero-order valence-electron chi connectivity index (χ0n) is 17.1. The number of nitro groups is 1. The van der Waals surface area contributed by atoms with Crippen LogP contribution in [0, 0.1) is 17.0 Å². The number of ketones is 1. The normalized spacial score (nSPS) is 16.1. The van der Waals surface area contributed by atoms with E-state index in [0.717, 1.165) is 11.3 Å². The van der Waals surface area contributed by atoms with E-state index in [1.54, 1.807) is 43.3 Å². The van der Waals surface area contributed by atoms with Gasteiger partial charge in [-0.2, -0.15) is 0 Å². The number of aromatic nitrogens is 1. The SMILES string of the molecule is Cc1ccc(C(=O)C2=C(O)C(=O)N(c3nc4ccc([N+](=O)[O-])cc4s3)C2c2ccccc2)o1. The van der Waals surface area contributed by atoms with Gasteiger partial charge < -0.3 is 9.52 Å². The van der Waals surface area contributed by atoms with Crippen LogP contribution in [0.5, 0.6) is 0 Å². The van der Waals surface area contributed by atoms with E-state index < -0.39 is 28.4 Å². The van der Waals surface area contributed by atoms with E-state index in [-0.39, 0.29) is 22.2 Å². The van der Waals surface area contributed by atoms with E-state index in [1.807, 2.05) is 0 Å². The number of fused-ring (bicyclic) bond motifs is 1. The van der Waals surface area contributed by atoms with Gasteiger partial charge >= 0.3 is 0 Å². The second-order valence-corrected chi connectivity index (χ2v) is 8.40. The summed E-state index contributed by atoms with van der Waals surface area (Å²) >= 11 is 1.06. The van der Waals surface area contributed by atoms with Crippen molar-refractivity contribution in [1.82, 2.24) is 4.98 Å². The summed E-state index contributed by atoms with van der Waals surface area (Å²) < 4.78 is 5.95. The predicted molar refractivity (Wildman–Crippen MR) is 120 cm³/mol. The highest BCUT2D eigenvalue weighted by Crippen LogP contribution is 2.44. The maximum Gasteiger partial charge on any atom is 0.296 e. The molecule has 3 heterocycles. The highest BCUT2D eigenvalue weighted by molar-refractivity contribution is 7.22. The Morgan fingerprint density at radius 3 is 2.61 bits per heavy atom. The first-order chi connectivity index (χ1) is 15.8. The Labute approximate surface area is 190 Å². The van der Waals surface area contributed by atoms with E-state index in [0.29, 0.717) is 21.5 Å². The number of carbonyl (C=O) groups is 2. The third-order valence-corrected chi connectivity index (χ3v) is 6.33. The largest absolute Gasteiger partial charge is 0.503 e. The third kappa shape index (κ3) is 3.37. The predicted octanol–water partition coefficient (Wildman–Crippen LogP) is 4.89. The van der Waals surface area contributed by atoms with Crippen LogP contribution in [0.25, 0.3) is 10.2 Å². The van der Waals surface area contributed by atoms with Gasteiger partial charge in [0.25, 0.3) is 11.6 Å². The number of carbonyl (C=O) groups excluding carboxylic acids is 2. The quantitative estimate of drug-likeness (QED) is 0.255. The monoisotopic (exact) mass is 461 g/mol. The van der Waals surface area contributed by atoms with Gasteiger partial charge in [0.1, 0.15) is 5.76 Å². The molecule has 0 aliphatic carbocycles. The molecular formula is C23H15N3O6S. The number of nitro benzene ring substituents is 1. The number of anilines is 1. The second-order valence-electron chi connectivity index (χ2n) is 7.40. The minimum atomic E-state index is -0.952. The Balaban J connectivity index is 1.66. The smallest absolute Gasteiger partial charge is 0.296 e. The number of thiazole rings is 1. The Morgan fingerprint density at radius 1 is 1.18 bits per heavy atom. The number of aryl methyl sites for hydroxylation is 1. The number of hydrogen-bond acceptors (Lipinski definition) is 8. The molecule has 0 fully saturated rings. The summed E-state index contributed by atoms with van der Waals surface area (Å²) in [5.41, 5.74) is 0.828. The van der Waals surface area contributed by atoms with E-state index in [2.05, 4.69) is 4.98 Å². The van der Waals surface area contributed by atoms with Gasteiger partial charge in [0.15, 0.2) is 16.7 Å². The van der Waals surface area contributed by atoms with Gasteiger partial charge in [-0.1, -0.05) is 41.7 Å². The first-order valence-electron chi connectivity index (χ1n) is 9.83. The summed E-state index contributed by atoms with van der Waals surface area (Å²) in [7, 11) is 0. The van der Waals surface area contributed by atoms with Crippen LogP contribution >= 0.6 is 11.3 Å². The molecular weight excluding hydrogens is 446 g/mol. The zero-order valence-corrected chi connectivity index (χ0v) is 17.9. The molecule has 1 aliphatic heterocycles. The van der Waals surface area contributed by atoms with Gasteiger partial charge in [0, 0.05) is 12.1 Å². The van der Waals surface area contributed by atoms with Crippen molar-refractivity contribution in [1.29, 1.82) is 0 Å². The molecule has 4 aromatic rings. The maximum atomic E-state index is 13.3. The lowest BCUT2D eigenvalue weighted by atomic mass is 9.95. The maximum absolute atomic E-state index is 13.3. The summed E-state index contributed by atoms with van der Waals surface area (Å²) in [6.45, 7) is 1.69. The lowest BCUT2D eigenvalue weighted by Crippen LogP contribution is -2.30. The van der Waals surface area contributed by atoms with Crippen molar-refractivity contribution in [3.05, 3.63) is 99.2 Å². The lowest BCUT2D eigenvalue weighted by molar-refractivity contribution is -0.384. The number of amides is 1. The van der Waals surface area contributed by atoms with E-state index in [4.69, 9.17) is 4.42 Å². The fraction of sp³-hybridized carbons (Fsp3) is 0.0870. The van der Waals surface area contributed by atoms with Crippen molar-refractivity contribution in [3.63, 3.8) is 0 Å². The highest BCUT2D eigenvalue weighted by Gasteiger charge is 2.46. The van der Waals surface area contributed by atoms with Crippen molar-refractivity contribution >= 4 is 44.1 Å². The molecule has 0 radical (unpaired) electrons. The van der Waals surface area contributed by atoms with Crippen molar-refractivity contribution in [2.45, 2.75) is 13.0 Å². The van der Waals surface area contributed by atoms with Gasteiger partial charge in [-0.05, 0) is 30.7 Å². The average Bonchev–Trinajstić information content (AvgIpc) is 3.49. The van der Waals surface area contributed by atoms with Gasteiger partial charge in [0.2, 0.25) is 5.78 Å². The highest BCUT2D eigenvalue weighted by atomic mass is 32.1. The molecule has 1 N–H and O–H groups in total. The topological polar surface area (TPSA) is 127 Å². The Hall–Kier alpha value is -4.31. The number of nitrogens with zero attached hydrogens (tertiary/aromatic N) is 3. The van der Waals surface area contributed by atoms with E-state index in [9.17, 15) is 24.8 Å². The summed E-state index contributed by atoms with van der Waals surface area (Å²) in [4.78, 5) is 42.8. The van der Waals surface area contributed by atoms with Crippen LogP contribution in [0.4, 0.5) is 10.8 Å². The van der Waals surface area contributed by atoms with E-state index in [1.165, 1.54) is 29.2 Å². The third-order valence-electron chi connectivity index (χ3n) is 5.31. The molecule has 2 aromatic heterocycles. The molecule has 0 saturated heterocycles. The first-order valence-corrected chi connectivity index (χ1v) is 10.6. The summed E-state index contributed by atoms with van der Waals surface area (Å²) in [5.74, 6) is -1.56. The van der Waals surface area contributed by atoms with Gasteiger partial charge in [-0.25, -0.2) is 4.98 Å². The van der Waals surface area contributed by atoms with E-state index >= 15 is 0 Å². The van der Waals surface area contributed by atoms with Crippen LogP contribution in [-0.2, 0) is 4.79 Å². The molecule has 0 bridgehead atoms. The molecule has 9 nitrogen and oxygen atoms in total. The number of hydrogen-bond donors (Lipinski definition) is 1. The summed E-state index contributed by atoms with van der Waals surface area (Å²) in [6.07, 6.45) is 0. The average molecular weight is 461 g/mol. The molecule has 1 atom stereocenters. The molecule has 10 heteroatoms. The Kier molecular flexibility index (Phi) is 4.79. The minimum Gasteiger partial charge on any atom is -0.503 e. The molecule has 1 amide bonds. The van der Waals surface area contributed by atoms with Crippen molar-refractivity contribution in [3.8, 4) is 0 Å². The molecule has 1 unspecified atom stereocenters. The molecule has 0 saturated carbocycles. The fourth-order valence-electron chi connectivity index (χ4n) is 3.79. The van der Waals surface area contributed by atoms with Crippen LogP contribution in [0.3, 0.4) is 0 Å². The second kappa shape index (κ2) is 7.68.